The Bertz CT molecular complexity index is 698. The molecular formula is C23H32N2O2. The van der Waals surface area contributed by atoms with E-state index in [4.69, 9.17) is 4.74 Å². The quantitative estimate of drug-likeness (QED) is 0.475. The van der Waals surface area contributed by atoms with E-state index in [0.717, 1.165) is 37.2 Å². The highest BCUT2D eigenvalue weighted by Gasteiger charge is 2.39. The number of hydrogen-bond acceptors (Lipinski definition) is 4. The Morgan fingerprint density at radius 2 is 1.74 bits per heavy atom. The fourth-order valence-corrected chi connectivity index (χ4v) is 3.43. The van der Waals surface area contributed by atoms with E-state index >= 15 is 0 Å². The minimum absolute atomic E-state index is 0.171. The molecule has 0 spiro atoms. The summed E-state index contributed by atoms with van der Waals surface area (Å²) in [5.74, 6) is 0.171. The number of hydrogen-bond donors (Lipinski definition) is 1. The van der Waals surface area contributed by atoms with Crippen LogP contribution in [0.3, 0.4) is 0 Å². The molecule has 0 aliphatic rings. The standard InChI is InChI=1S/C23H32N2O2/c1-5-23(25(2)3,18-19-10-7-6-8-11-19)22(26)20-12-14-21(15-13-20)24-16-9-17-27-4/h6-8,10-15,24H,5,9,16-18H2,1-4H3. The van der Waals surface area contributed by atoms with E-state index in [9.17, 15) is 4.79 Å². The van der Waals surface area contributed by atoms with Gasteiger partial charge in [0.2, 0.25) is 0 Å². The molecule has 0 saturated heterocycles. The van der Waals surface area contributed by atoms with Crippen molar-refractivity contribution in [2.45, 2.75) is 31.7 Å². The van der Waals surface area contributed by atoms with Crippen LogP contribution in [-0.4, -0.2) is 50.6 Å². The largest absolute Gasteiger partial charge is 0.385 e. The Morgan fingerprint density at radius 1 is 1.07 bits per heavy atom. The van der Waals surface area contributed by atoms with Crippen molar-refractivity contribution in [3.05, 3.63) is 65.7 Å². The third-order valence-electron chi connectivity index (χ3n) is 5.20. The second-order valence-electron chi connectivity index (χ2n) is 7.12. The molecule has 0 radical (unpaired) electrons. The van der Waals surface area contributed by atoms with Crippen molar-refractivity contribution in [3.8, 4) is 0 Å². The molecule has 2 aromatic rings. The van der Waals surface area contributed by atoms with E-state index in [-0.39, 0.29) is 5.78 Å². The lowest BCUT2D eigenvalue weighted by molar-refractivity contribution is 0.0666. The van der Waals surface area contributed by atoms with Gasteiger partial charge < -0.3 is 10.1 Å². The number of likely N-dealkylation sites (N-methyl/N-ethyl adjacent to an activating group) is 1. The molecule has 0 fully saturated rings. The summed E-state index contributed by atoms with van der Waals surface area (Å²) in [6.07, 6.45) is 2.41. The van der Waals surface area contributed by atoms with Crippen molar-refractivity contribution in [1.29, 1.82) is 0 Å². The molecule has 0 aromatic heterocycles. The first-order valence-electron chi connectivity index (χ1n) is 9.62. The number of nitrogens with zero attached hydrogens (tertiary/aromatic N) is 1. The third-order valence-corrected chi connectivity index (χ3v) is 5.20. The van der Waals surface area contributed by atoms with Crippen molar-refractivity contribution in [2.75, 3.05) is 39.7 Å². The van der Waals surface area contributed by atoms with Crippen LogP contribution in [0.25, 0.3) is 0 Å². The number of nitrogens with one attached hydrogen (secondary N) is 1. The van der Waals surface area contributed by atoms with E-state index < -0.39 is 5.54 Å². The number of ether oxygens (including phenoxy) is 1. The number of Topliss-reactive ketones (excluding diaryl/α,β-unsaturated/α-hetero) is 1. The van der Waals surface area contributed by atoms with E-state index in [2.05, 4.69) is 29.3 Å². The van der Waals surface area contributed by atoms with E-state index in [1.165, 1.54) is 5.56 Å². The Morgan fingerprint density at radius 3 is 2.30 bits per heavy atom. The van der Waals surface area contributed by atoms with Gasteiger partial charge in [0.1, 0.15) is 0 Å². The summed E-state index contributed by atoms with van der Waals surface area (Å²) in [4.78, 5) is 15.5. The van der Waals surface area contributed by atoms with Crippen LogP contribution in [0.1, 0.15) is 35.7 Å². The number of benzene rings is 2. The minimum Gasteiger partial charge on any atom is -0.385 e. The molecule has 1 atom stereocenters. The lowest BCUT2D eigenvalue weighted by Crippen LogP contribution is -2.52. The van der Waals surface area contributed by atoms with Crippen molar-refractivity contribution >= 4 is 11.5 Å². The number of ketones is 1. The monoisotopic (exact) mass is 368 g/mol. The van der Waals surface area contributed by atoms with Gasteiger partial charge in [-0.05, 0) is 63.2 Å². The molecule has 0 heterocycles. The van der Waals surface area contributed by atoms with Crippen LogP contribution in [0.15, 0.2) is 54.6 Å². The van der Waals surface area contributed by atoms with Crippen LogP contribution >= 0.6 is 0 Å². The molecule has 1 N–H and O–H groups in total. The van der Waals surface area contributed by atoms with Crippen molar-refractivity contribution in [3.63, 3.8) is 0 Å². The first-order chi connectivity index (χ1) is 13.0. The third kappa shape index (κ3) is 5.41. The van der Waals surface area contributed by atoms with Gasteiger partial charge >= 0.3 is 0 Å². The first-order valence-corrected chi connectivity index (χ1v) is 9.62. The van der Waals surface area contributed by atoms with Gasteiger partial charge in [-0.15, -0.1) is 0 Å². The zero-order chi connectivity index (χ0) is 19.7. The van der Waals surface area contributed by atoms with Gasteiger partial charge in [0.25, 0.3) is 0 Å². The zero-order valence-corrected chi connectivity index (χ0v) is 17.0. The number of anilines is 1. The fraction of sp³-hybridized carbons (Fsp3) is 0.435. The molecule has 0 aliphatic heterocycles. The molecule has 2 rings (SSSR count). The Balaban J connectivity index is 2.17. The van der Waals surface area contributed by atoms with Crippen LogP contribution in [0.5, 0.6) is 0 Å². The second-order valence-corrected chi connectivity index (χ2v) is 7.12. The summed E-state index contributed by atoms with van der Waals surface area (Å²) in [5, 5.41) is 3.36. The summed E-state index contributed by atoms with van der Waals surface area (Å²) in [7, 11) is 5.70. The summed E-state index contributed by atoms with van der Waals surface area (Å²) < 4.78 is 5.06. The van der Waals surface area contributed by atoms with Gasteiger partial charge in [-0.2, -0.15) is 0 Å². The Hall–Kier alpha value is -2.17. The van der Waals surface area contributed by atoms with E-state index in [1.54, 1.807) is 7.11 Å². The average molecular weight is 369 g/mol. The summed E-state index contributed by atoms with van der Waals surface area (Å²) in [6, 6.07) is 18.1. The van der Waals surface area contributed by atoms with Crippen LogP contribution < -0.4 is 5.32 Å². The van der Waals surface area contributed by atoms with Crippen molar-refractivity contribution in [1.82, 2.24) is 4.90 Å². The molecule has 4 nitrogen and oxygen atoms in total. The van der Waals surface area contributed by atoms with Crippen LogP contribution in [-0.2, 0) is 11.2 Å². The molecule has 4 heteroatoms. The molecule has 0 bridgehead atoms. The molecule has 146 valence electrons. The van der Waals surface area contributed by atoms with Gasteiger partial charge in [0, 0.05) is 31.5 Å². The molecule has 2 aromatic carbocycles. The molecule has 0 amide bonds. The maximum atomic E-state index is 13.5. The number of carbonyl (C=O) groups is 1. The van der Waals surface area contributed by atoms with Crippen molar-refractivity contribution < 1.29 is 9.53 Å². The summed E-state index contributed by atoms with van der Waals surface area (Å²) in [6.45, 7) is 3.68. The van der Waals surface area contributed by atoms with Gasteiger partial charge in [-0.1, -0.05) is 37.3 Å². The highest BCUT2D eigenvalue weighted by molar-refractivity contribution is 6.03. The van der Waals surface area contributed by atoms with E-state index in [0.29, 0.717) is 6.42 Å². The molecule has 0 saturated carbocycles. The molecular weight excluding hydrogens is 336 g/mol. The average Bonchev–Trinajstić information content (AvgIpc) is 2.70. The van der Waals surface area contributed by atoms with Gasteiger partial charge in [-0.25, -0.2) is 0 Å². The predicted molar refractivity (Wildman–Crippen MR) is 113 cm³/mol. The lowest BCUT2D eigenvalue weighted by Gasteiger charge is -2.38. The SMILES string of the molecule is CCC(Cc1ccccc1)(C(=O)c1ccc(NCCCOC)cc1)N(C)C. The second kappa shape index (κ2) is 10.2. The summed E-state index contributed by atoms with van der Waals surface area (Å²) in [5.41, 5.74) is 2.41. The topological polar surface area (TPSA) is 41.6 Å². The highest BCUT2D eigenvalue weighted by Crippen LogP contribution is 2.28. The highest BCUT2D eigenvalue weighted by atomic mass is 16.5. The minimum atomic E-state index is -0.547. The molecule has 0 aliphatic carbocycles. The number of rotatable bonds is 11. The smallest absolute Gasteiger partial charge is 0.183 e. The van der Waals surface area contributed by atoms with Crippen LogP contribution in [0, 0.1) is 0 Å². The van der Waals surface area contributed by atoms with Gasteiger partial charge in [0.05, 0.1) is 5.54 Å². The summed E-state index contributed by atoms with van der Waals surface area (Å²) >= 11 is 0. The van der Waals surface area contributed by atoms with Gasteiger partial charge in [0.15, 0.2) is 5.78 Å². The number of carbonyl (C=O) groups excluding carboxylic acids is 1. The number of methoxy groups -OCH3 is 1. The van der Waals surface area contributed by atoms with E-state index in [1.807, 2.05) is 56.6 Å². The van der Waals surface area contributed by atoms with Crippen LogP contribution in [0.2, 0.25) is 0 Å². The predicted octanol–water partition coefficient (Wildman–Crippen LogP) is 4.27. The molecule has 27 heavy (non-hydrogen) atoms. The Kier molecular flexibility index (Phi) is 8.01. The van der Waals surface area contributed by atoms with Crippen LogP contribution in [0.4, 0.5) is 5.69 Å². The fourth-order valence-electron chi connectivity index (χ4n) is 3.43. The van der Waals surface area contributed by atoms with Crippen molar-refractivity contribution in [2.24, 2.45) is 0 Å². The maximum Gasteiger partial charge on any atom is 0.183 e. The maximum absolute atomic E-state index is 13.5. The normalized spacial score (nSPS) is 13.4. The molecule has 1 unspecified atom stereocenters. The Labute approximate surface area is 163 Å². The zero-order valence-electron chi connectivity index (χ0n) is 17.0. The lowest BCUT2D eigenvalue weighted by atomic mass is 9.80. The first kappa shape index (κ1) is 21.1. The van der Waals surface area contributed by atoms with Gasteiger partial charge in [-0.3, -0.25) is 9.69 Å².